The fourth-order valence-electron chi connectivity index (χ4n) is 2.77. The number of carbonyl (C=O) groups is 1. The monoisotopic (exact) mass is 464 g/mol. The molecule has 2 N–H and O–H groups in total. The van der Waals surface area contributed by atoms with Crippen molar-refractivity contribution in [3.05, 3.63) is 89.5 Å². The first-order valence-electron chi connectivity index (χ1n) is 9.35. The molecule has 0 heterocycles. The largest absolute Gasteiger partial charge is 0.573 e. The minimum absolute atomic E-state index is 0.00226. The third-order valence-corrected chi connectivity index (χ3v) is 5.81. The molecule has 3 aromatic rings. The van der Waals surface area contributed by atoms with E-state index in [9.17, 15) is 26.4 Å². The molecule has 0 aromatic heterocycles. The number of amides is 1. The Morgan fingerprint density at radius 1 is 0.938 bits per heavy atom. The Kier molecular flexibility index (Phi) is 6.73. The summed E-state index contributed by atoms with van der Waals surface area (Å²) in [5, 5.41) is 2.62. The molecule has 3 rings (SSSR count). The van der Waals surface area contributed by atoms with Crippen LogP contribution in [0.2, 0.25) is 0 Å². The lowest BCUT2D eigenvalue weighted by Gasteiger charge is -2.11. The number of aryl methyl sites for hydroxylation is 1. The summed E-state index contributed by atoms with van der Waals surface area (Å²) in [6.45, 7) is 1.85. The van der Waals surface area contributed by atoms with E-state index >= 15 is 0 Å². The summed E-state index contributed by atoms with van der Waals surface area (Å²) >= 11 is 0. The van der Waals surface area contributed by atoms with E-state index in [1.165, 1.54) is 36.4 Å². The maximum atomic E-state index is 12.6. The summed E-state index contributed by atoms with van der Waals surface area (Å²) in [6.07, 6.45) is -4.77. The Bertz CT molecular complexity index is 1190. The molecule has 0 saturated carbocycles. The number of anilines is 1. The minimum atomic E-state index is -4.77. The molecule has 0 aliphatic rings. The van der Waals surface area contributed by atoms with E-state index in [0.29, 0.717) is 11.3 Å². The summed E-state index contributed by atoms with van der Waals surface area (Å²) in [6, 6.07) is 17.4. The summed E-state index contributed by atoms with van der Waals surface area (Å²) in [7, 11) is -3.82. The second-order valence-corrected chi connectivity index (χ2v) is 8.50. The molecule has 32 heavy (non-hydrogen) atoms. The fraction of sp³-hybridized carbons (Fsp3) is 0.136. The van der Waals surface area contributed by atoms with E-state index in [4.69, 9.17) is 0 Å². The number of rotatable bonds is 7. The van der Waals surface area contributed by atoms with Gasteiger partial charge in [-0.05, 0) is 60.5 Å². The molecule has 10 heteroatoms. The van der Waals surface area contributed by atoms with Gasteiger partial charge in [0.2, 0.25) is 0 Å². The van der Waals surface area contributed by atoms with Crippen molar-refractivity contribution < 1.29 is 31.1 Å². The van der Waals surface area contributed by atoms with Gasteiger partial charge in [0.1, 0.15) is 5.75 Å². The predicted octanol–water partition coefficient (Wildman–Crippen LogP) is 4.62. The van der Waals surface area contributed by atoms with Crippen molar-refractivity contribution in [2.45, 2.75) is 24.7 Å². The zero-order chi connectivity index (χ0) is 23.4. The number of hydrogen-bond donors (Lipinski definition) is 2. The van der Waals surface area contributed by atoms with Crippen LogP contribution in [0.25, 0.3) is 0 Å². The maximum Gasteiger partial charge on any atom is 0.573 e. The highest BCUT2D eigenvalue weighted by Gasteiger charge is 2.30. The fourth-order valence-corrected chi connectivity index (χ4v) is 3.90. The van der Waals surface area contributed by atoms with Crippen molar-refractivity contribution in [1.82, 2.24) is 5.32 Å². The van der Waals surface area contributed by atoms with Crippen LogP contribution in [0.5, 0.6) is 5.75 Å². The van der Waals surface area contributed by atoms with Crippen molar-refractivity contribution >= 4 is 21.6 Å². The van der Waals surface area contributed by atoms with Gasteiger partial charge in [-0.2, -0.15) is 0 Å². The first kappa shape index (κ1) is 23.1. The molecule has 3 aromatic carbocycles. The third kappa shape index (κ3) is 6.24. The van der Waals surface area contributed by atoms with E-state index in [-0.39, 0.29) is 22.8 Å². The van der Waals surface area contributed by atoms with Crippen molar-refractivity contribution in [2.24, 2.45) is 0 Å². The highest BCUT2D eigenvalue weighted by Crippen LogP contribution is 2.23. The van der Waals surface area contributed by atoms with Crippen LogP contribution in [-0.2, 0) is 16.6 Å². The number of para-hydroxylation sites is 1. The molecular formula is C22H19F3N2O4S. The van der Waals surface area contributed by atoms with Crippen LogP contribution in [0.15, 0.2) is 77.7 Å². The molecule has 168 valence electrons. The number of nitrogens with one attached hydrogen (secondary N) is 2. The molecule has 0 radical (unpaired) electrons. The van der Waals surface area contributed by atoms with Crippen molar-refractivity contribution in [2.75, 3.05) is 4.72 Å². The molecule has 0 saturated heterocycles. The Labute approximate surface area is 183 Å². The highest BCUT2D eigenvalue weighted by atomic mass is 32.2. The smallest absolute Gasteiger partial charge is 0.406 e. The van der Waals surface area contributed by atoms with Gasteiger partial charge in [0.15, 0.2) is 0 Å². The van der Waals surface area contributed by atoms with Gasteiger partial charge in [0, 0.05) is 12.1 Å². The van der Waals surface area contributed by atoms with Gasteiger partial charge in [-0.1, -0.05) is 30.3 Å². The summed E-state index contributed by atoms with van der Waals surface area (Å²) in [5.41, 5.74) is 2.03. The molecule has 0 aliphatic heterocycles. The number of halogens is 3. The predicted molar refractivity (Wildman–Crippen MR) is 113 cm³/mol. The summed E-state index contributed by atoms with van der Waals surface area (Å²) in [4.78, 5) is 12.3. The number of sulfonamides is 1. The van der Waals surface area contributed by atoms with Crippen molar-refractivity contribution in [3.8, 4) is 5.75 Å². The maximum absolute atomic E-state index is 12.6. The van der Waals surface area contributed by atoms with Gasteiger partial charge in [0.05, 0.1) is 10.6 Å². The third-order valence-electron chi connectivity index (χ3n) is 4.43. The molecule has 0 atom stereocenters. The van der Waals surface area contributed by atoms with Crippen LogP contribution in [-0.4, -0.2) is 20.7 Å². The number of benzene rings is 3. The Morgan fingerprint density at radius 3 is 2.16 bits per heavy atom. The highest BCUT2D eigenvalue weighted by molar-refractivity contribution is 7.92. The topological polar surface area (TPSA) is 84.5 Å². The quantitative estimate of drug-likeness (QED) is 0.534. The number of hydrogen-bond acceptors (Lipinski definition) is 4. The molecule has 1 amide bonds. The lowest BCUT2D eigenvalue weighted by molar-refractivity contribution is -0.274. The first-order chi connectivity index (χ1) is 15.0. The Balaban J connectivity index is 1.61. The normalized spacial score (nSPS) is 11.6. The van der Waals surface area contributed by atoms with Crippen molar-refractivity contribution in [3.63, 3.8) is 0 Å². The van der Waals surface area contributed by atoms with Crippen LogP contribution in [0.3, 0.4) is 0 Å². The average Bonchev–Trinajstić information content (AvgIpc) is 2.73. The Morgan fingerprint density at radius 2 is 1.56 bits per heavy atom. The molecule has 0 unspecified atom stereocenters. The van der Waals surface area contributed by atoms with Crippen LogP contribution in [0.1, 0.15) is 21.5 Å². The Hall–Kier alpha value is -3.53. The molecule has 6 nitrogen and oxygen atoms in total. The van der Waals surface area contributed by atoms with Crippen LogP contribution >= 0.6 is 0 Å². The molecule has 0 aliphatic carbocycles. The van der Waals surface area contributed by atoms with Crippen LogP contribution in [0.4, 0.5) is 18.9 Å². The van der Waals surface area contributed by atoms with Gasteiger partial charge in [-0.3, -0.25) is 9.52 Å². The summed E-state index contributed by atoms with van der Waals surface area (Å²) < 4.78 is 68.0. The van der Waals surface area contributed by atoms with E-state index in [1.54, 1.807) is 31.2 Å². The zero-order valence-corrected chi connectivity index (χ0v) is 17.6. The standard InChI is InChI=1S/C22H19F3N2O4S/c1-15-4-2-3-5-20(15)27-32(29,30)19-12-8-17(9-13-19)21(28)26-14-16-6-10-18(11-7-16)31-22(23,24)25/h2-13,27H,14H2,1H3,(H,26,28). The van der Waals surface area contributed by atoms with Gasteiger partial charge >= 0.3 is 6.36 Å². The number of ether oxygens (including phenoxy) is 1. The van der Waals surface area contributed by atoms with Gasteiger partial charge < -0.3 is 10.1 Å². The van der Waals surface area contributed by atoms with Gasteiger partial charge in [0.25, 0.3) is 15.9 Å². The molecule has 0 bridgehead atoms. The van der Waals surface area contributed by atoms with E-state index in [0.717, 1.165) is 17.7 Å². The molecular weight excluding hydrogens is 445 g/mol. The molecule has 0 spiro atoms. The average molecular weight is 464 g/mol. The van der Waals surface area contributed by atoms with E-state index in [2.05, 4.69) is 14.8 Å². The second kappa shape index (κ2) is 9.31. The SMILES string of the molecule is Cc1ccccc1NS(=O)(=O)c1ccc(C(=O)NCc2ccc(OC(F)(F)F)cc2)cc1. The summed E-state index contributed by atoms with van der Waals surface area (Å²) in [5.74, 6) is -0.819. The van der Waals surface area contributed by atoms with Gasteiger partial charge in [-0.15, -0.1) is 13.2 Å². The van der Waals surface area contributed by atoms with Crippen LogP contribution in [0, 0.1) is 6.92 Å². The number of alkyl halides is 3. The second-order valence-electron chi connectivity index (χ2n) is 6.82. The zero-order valence-electron chi connectivity index (χ0n) is 16.8. The van der Waals surface area contributed by atoms with Crippen LogP contribution < -0.4 is 14.8 Å². The van der Waals surface area contributed by atoms with Gasteiger partial charge in [-0.25, -0.2) is 8.42 Å². The van der Waals surface area contributed by atoms with E-state index in [1.807, 2.05) is 0 Å². The first-order valence-corrected chi connectivity index (χ1v) is 10.8. The number of carbonyl (C=O) groups excluding carboxylic acids is 1. The molecule has 0 fully saturated rings. The minimum Gasteiger partial charge on any atom is -0.406 e. The van der Waals surface area contributed by atoms with Crippen molar-refractivity contribution in [1.29, 1.82) is 0 Å². The lowest BCUT2D eigenvalue weighted by Crippen LogP contribution is -2.23. The lowest BCUT2D eigenvalue weighted by atomic mass is 10.2. The van der Waals surface area contributed by atoms with E-state index < -0.39 is 22.3 Å².